The van der Waals surface area contributed by atoms with Crippen LogP contribution in [0.3, 0.4) is 0 Å². The van der Waals surface area contributed by atoms with Gasteiger partial charge in [0.05, 0.1) is 5.75 Å². The van der Waals surface area contributed by atoms with Crippen molar-refractivity contribution >= 4 is 21.4 Å². The lowest BCUT2D eigenvalue weighted by atomic mass is 10.1. The molecule has 1 saturated carbocycles. The van der Waals surface area contributed by atoms with E-state index in [0.717, 1.165) is 6.42 Å². The molecule has 1 unspecified atom stereocenters. The molecule has 6 heteroatoms. The van der Waals surface area contributed by atoms with Crippen LogP contribution in [-0.2, 0) is 16.4 Å². The number of nitrogens with one attached hydrogen (secondary N) is 2. The minimum atomic E-state index is -3.16. The fraction of sp³-hybridized carbons (Fsp3) is 0.667. The van der Waals surface area contributed by atoms with E-state index in [0.29, 0.717) is 12.6 Å². The third-order valence-electron chi connectivity index (χ3n) is 2.88. The number of hydrogen-bond donors (Lipinski definition) is 2. The summed E-state index contributed by atoms with van der Waals surface area (Å²) in [5.74, 6) is 0.164. The maximum absolute atomic E-state index is 11.8. The van der Waals surface area contributed by atoms with Crippen LogP contribution < -0.4 is 10.0 Å². The standard InChI is InChI=1S/C12H20N2O2S2/c1-10(8-11-4-6-17-9-11)14-18(15,16)7-5-13-12-2-3-12/h4,6,9-10,12-14H,2-3,5,7-8H2,1H3. The molecule has 0 spiro atoms. The Morgan fingerprint density at radius 3 is 2.89 bits per heavy atom. The second-order valence-electron chi connectivity index (χ2n) is 4.90. The molecule has 4 nitrogen and oxygen atoms in total. The molecule has 1 atom stereocenters. The van der Waals surface area contributed by atoms with Crippen molar-refractivity contribution in [2.45, 2.75) is 38.3 Å². The summed E-state index contributed by atoms with van der Waals surface area (Å²) >= 11 is 1.64. The van der Waals surface area contributed by atoms with Gasteiger partial charge in [0.25, 0.3) is 0 Å². The van der Waals surface area contributed by atoms with E-state index < -0.39 is 10.0 Å². The van der Waals surface area contributed by atoms with Gasteiger partial charge in [0.15, 0.2) is 0 Å². The van der Waals surface area contributed by atoms with Crippen LogP contribution in [0.25, 0.3) is 0 Å². The van der Waals surface area contributed by atoms with Crippen molar-refractivity contribution in [3.8, 4) is 0 Å². The molecule has 18 heavy (non-hydrogen) atoms. The summed E-state index contributed by atoms with van der Waals surface area (Å²) in [6.45, 7) is 2.45. The molecule has 2 rings (SSSR count). The van der Waals surface area contributed by atoms with Crippen LogP contribution in [0.4, 0.5) is 0 Å². The molecule has 1 heterocycles. The largest absolute Gasteiger partial charge is 0.313 e. The van der Waals surface area contributed by atoms with Crippen molar-refractivity contribution in [3.05, 3.63) is 22.4 Å². The summed E-state index contributed by atoms with van der Waals surface area (Å²) in [4.78, 5) is 0. The number of thiophene rings is 1. The van der Waals surface area contributed by atoms with Gasteiger partial charge in [0, 0.05) is 18.6 Å². The fourth-order valence-corrected chi connectivity index (χ4v) is 3.74. The minimum Gasteiger partial charge on any atom is -0.313 e. The van der Waals surface area contributed by atoms with Crippen LogP contribution in [0.5, 0.6) is 0 Å². The predicted octanol–water partition coefficient (Wildman–Crippen LogP) is 1.35. The summed E-state index contributed by atoms with van der Waals surface area (Å²) in [6, 6.07) is 2.54. The molecule has 1 aliphatic rings. The zero-order chi connectivity index (χ0) is 13.0. The maximum Gasteiger partial charge on any atom is 0.213 e. The third-order valence-corrected chi connectivity index (χ3v) is 5.12. The van der Waals surface area contributed by atoms with E-state index in [2.05, 4.69) is 15.4 Å². The zero-order valence-electron chi connectivity index (χ0n) is 10.6. The summed E-state index contributed by atoms with van der Waals surface area (Å²) in [7, 11) is -3.16. The molecular formula is C12H20N2O2S2. The molecule has 1 fully saturated rings. The number of sulfonamides is 1. The van der Waals surface area contributed by atoms with Gasteiger partial charge in [-0.05, 0) is 48.6 Å². The smallest absolute Gasteiger partial charge is 0.213 e. The van der Waals surface area contributed by atoms with E-state index in [1.165, 1.54) is 18.4 Å². The molecule has 0 aromatic carbocycles. The first-order valence-electron chi connectivity index (χ1n) is 6.29. The van der Waals surface area contributed by atoms with E-state index >= 15 is 0 Å². The van der Waals surface area contributed by atoms with E-state index in [9.17, 15) is 8.42 Å². The van der Waals surface area contributed by atoms with Gasteiger partial charge < -0.3 is 5.32 Å². The van der Waals surface area contributed by atoms with Crippen molar-refractivity contribution < 1.29 is 8.42 Å². The van der Waals surface area contributed by atoms with Crippen molar-refractivity contribution in [2.24, 2.45) is 0 Å². The molecule has 1 aromatic heterocycles. The van der Waals surface area contributed by atoms with Gasteiger partial charge in [-0.25, -0.2) is 13.1 Å². The highest BCUT2D eigenvalue weighted by Gasteiger charge is 2.21. The molecule has 1 aromatic rings. The molecule has 2 N–H and O–H groups in total. The minimum absolute atomic E-state index is 0.0504. The first kappa shape index (κ1) is 14.0. The lowest BCUT2D eigenvalue weighted by Crippen LogP contribution is -2.38. The van der Waals surface area contributed by atoms with Crippen molar-refractivity contribution in [3.63, 3.8) is 0 Å². The molecule has 1 aliphatic carbocycles. The summed E-state index contributed by atoms with van der Waals surface area (Å²) in [5, 5.41) is 7.28. The fourth-order valence-electron chi connectivity index (χ4n) is 1.85. The van der Waals surface area contributed by atoms with Gasteiger partial charge in [-0.2, -0.15) is 11.3 Å². The van der Waals surface area contributed by atoms with Gasteiger partial charge in [-0.1, -0.05) is 0 Å². The van der Waals surface area contributed by atoms with E-state index in [1.807, 2.05) is 18.4 Å². The van der Waals surface area contributed by atoms with Crippen molar-refractivity contribution in [1.29, 1.82) is 0 Å². The highest BCUT2D eigenvalue weighted by Crippen LogP contribution is 2.18. The molecule has 0 aliphatic heterocycles. The Morgan fingerprint density at radius 1 is 1.50 bits per heavy atom. The topological polar surface area (TPSA) is 58.2 Å². The van der Waals surface area contributed by atoms with E-state index in [1.54, 1.807) is 11.3 Å². The van der Waals surface area contributed by atoms with Gasteiger partial charge in [0.2, 0.25) is 10.0 Å². The second-order valence-corrected chi connectivity index (χ2v) is 7.56. The normalized spacial score (nSPS) is 17.8. The first-order chi connectivity index (χ1) is 8.55. The van der Waals surface area contributed by atoms with Gasteiger partial charge in [0.1, 0.15) is 0 Å². The summed E-state index contributed by atoms with van der Waals surface area (Å²) < 4.78 is 26.4. The van der Waals surface area contributed by atoms with Crippen molar-refractivity contribution in [2.75, 3.05) is 12.3 Å². The SMILES string of the molecule is CC(Cc1ccsc1)NS(=O)(=O)CCNC1CC1. The second kappa shape index (κ2) is 6.14. The quantitative estimate of drug-likeness (QED) is 0.759. The van der Waals surface area contributed by atoms with Gasteiger partial charge >= 0.3 is 0 Å². The monoisotopic (exact) mass is 288 g/mol. The van der Waals surface area contributed by atoms with Gasteiger partial charge in [-0.3, -0.25) is 0 Å². The highest BCUT2D eigenvalue weighted by molar-refractivity contribution is 7.89. The molecular weight excluding hydrogens is 268 g/mol. The van der Waals surface area contributed by atoms with Crippen LogP contribution in [-0.4, -0.2) is 32.8 Å². The maximum atomic E-state index is 11.8. The first-order valence-corrected chi connectivity index (χ1v) is 8.89. The number of rotatable bonds is 8. The summed E-state index contributed by atoms with van der Waals surface area (Å²) in [5.41, 5.74) is 1.19. The average Bonchev–Trinajstić information content (AvgIpc) is 2.94. The van der Waals surface area contributed by atoms with Gasteiger partial charge in [-0.15, -0.1) is 0 Å². The Labute approximate surface area is 113 Å². The lowest BCUT2D eigenvalue weighted by molar-refractivity contribution is 0.556. The van der Waals surface area contributed by atoms with Crippen LogP contribution >= 0.6 is 11.3 Å². The Balaban J connectivity index is 1.71. The summed E-state index contributed by atoms with van der Waals surface area (Å²) in [6.07, 6.45) is 3.11. The highest BCUT2D eigenvalue weighted by atomic mass is 32.2. The molecule has 0 amide bonds. The van der Waals surface area contributed by atoms with Crippen LogP contribution in [0, 0.1) is 0 Å². The van der Waals surface area contributed by atoms with E-state index in [-0.39, 0.29) is 11.8 Å². The zero-order valence-corrected chi connectivity index (χ0v) is 12.2. The molecule has 0 radical (unpaired) electrons. The Hall–Kier alpha value is -0.430. The molecule has 0 saturated heterocycles. The Bertz CT molecular complexity index is 452. The van der Waals surface area contributed by atoms with Crippen LogP contribution in [0.1, 0.15) is 25.3 Å². The Kier molecular flexibility index (Phi) is 4.77. The average molecular weight is 288 g/mol. The molecule has 102 valence electrons. The lowest BCUT2D eigenvalue weighted by Gasteiger charge is -2.13. The predicted molar refractivity (Wildman–Crippen MR) is 75.4 cm³/mol. The van der Waals surface area contributed by atoms with Crippen molar-refractivity contribution in [1.82, 2.24) is 10.0 Å². The third kappa shape index (κ3) is 5.06. The number of hydrogen-bond acceptors (Lipinski definition) is 4. The van der Waals surface area contributed by atoms with Crippen LogP contribution in [0.2, 0.25) is 0 Å². The Morgan fingerprint density at radius 2 is 2.28 bits per heavy atom. The van der Waals surface area contributed by atoms with Crippen LogP contribution in [0.15, 0.2) is 16.8 Å². The molecule has 0 bridgehead atoms. The van der Waals surface area contributed by atoms with E-state index in [4.69, 9.17) is 0 Å².